The first-order chi connectivity index (χ1) is 8.00. The quantitative estimate of drug-likeness (QED) is 0.582. The summed E-state index contributed by atoms with van der Waals surface area (Å²) in [5.41, 5.74) is -2.11. The summed E-state index contributed by atoms with van der Waals surface area (Å²) in [4.78, 5) is 14.7. The minimum atomic E-state index is -4.60. The number of pyridine rings is 1. The zero-order valence-electron chi connectivity index (χ0n) is 9.93. The van der Waals surface area contributed by atoms with Gasteiger partial charge >= 0.3 is 12.1 Å². The third-order valence-electron chi connectivity index (χ3n) is 1.76. The summed E-state index contributed by atoms with van der Waals surface area (Å²) >= 11 is 5.55. The molecule has 0 amide bonds. The van der Waals surface area contributed by atoms with E-state index >= 15 is 0 Å². The van der Waals surface area contributed by atoms with Gasteiger partial charge in [0, 0.05) is 0 Å². The fourth-order valence-corrected chi connectivity index (χ4v) is 1.31. The fraction of sp³-hybridized carbons (Fsp3) is 0.455. The molecule has 0 fully saturated rings. The van der Waals surface area contributed by atoms with Crippen molar-refractivity contribution in [1.82, 2.24) is 4.98 Å². The SMILES string of the molecule is CC(C)(C)OC(=O)c1ccc(C(F)(F)F)nc1Cl. The lowest BCUT2D eigenvalue weighted by Gasteiger charge is -2.19. The third-order valence-corrected chi connectivity index (χ3v) is 2.05. The Hall–Kier alpha value is -1.30. The van der Waals surface area contributed by atoms with Crippen molar-refractivity contribution in [2.45, 2.75) is 32.5 Å². The molecule has 0 aliphatic rings. The van der Waals surface area contributed by atoms with Gasteiger partial charge in [-0.2, -0.15) is 13.2 Å². The Morgan fingerprint density at radius 3 is 2.22 bits per heavy atom. The molecule has 0 saturated heterocycles. The number of alkyl halides is 3. The zero-order valence-corrected chi connectivity index (χ0v) is 10.7. The predicted molar refractivity (Wildman–Crippen MR) is 59.4 cm³/mol. The molecule has 0 bridgehead atoms. The van der Waals surface area contributed by atoms with Crippen molar-refractivity contribution in [2.75, 3.05) is 0 Å². The highest BCUT2D eigenvalue weighted by Gasteiger charge is 2.33. The van der Waals surface area contributed by atoms with E-state index in [-0.39, 0.29) is 5.56 Å². The number of hydrogen-bond donors (Lipinski definition) is 0. The van der Waals surface area contributed by atoms with Crippen LogP contribution >= 0.6 is 11.6 Å². The van der Waals surface area contributed by atoms with Crippen LogP contribution < -0.4 is 0 Å². The average Bonchev–Trinajstić information content (AvgIpc) is 2.12. The molecule has 1 aromatic rings. The van der Waals surface area contributed by atoms with Crippen LogP contribution in [0.2, 0.25) is 5.15 Å². The van der Waals surface area contributed by atoms with Crippen molar-refractivity contribution in [2.24, 2.45) is 0 Å². The van der Waals surface area contributed by atoms with Crippen molar-refractivity contribution < 1.29 is 22.7 Å². The van der Waals surface area contributed by atoms with Crippen LogP contribution in [0.15, 0.2) is 12.1 Å². The maximum Gasteiger partial charge on any atom is 0.433 e. The highest BCUT2D eigenvalue weighted by Crippen LogP contribution is 2.29. The summed E-state index contributed by atoms with van der Waals surface area (Å²) in [6, 6.07) is 1.64. The smallest absolute Gasteiger partial charge is 0.433 e. The van der Waals surface area contributed by atoms with Crippen LogP contribution in [0.4, 0.5) is 13.2 Å². The molecule has 0 spiro atoms. The highest BCUT2D eigenvalue weighted by atomic mass is 35.5. The van der Waals surface area contributed by atoms with Crippen molar-refractivity contribution in [1.29, 1.82) is 0 Å². The third kappa shape index (κ3) is 3.87. The number of hydrogen-bond acceptors (Lipinski definition) is 3. The van der Waals surface area contributed by atoms with Crippen molar-refractivity contribution in [3.05, 3.63) is 28.5 Å². The highest BCUT2D eigenvalue weighted by molar-refractivity contribution is 6.32. The van der Waals surface area contributed by atoms with Gasteiger partial charge in [-0.3, -0.25) is 0 Å². The fourth-order valence-electron chi connectivity index (χ4n) is 1.08. The van der Waals surface area contributed by atoms with Crippen LogP contribution in [-0.2, 0) is 10.9 Å². The largest absolute Gasteiger partial charge is 0.456 e. The van der Waals surface area contributed by atoms with E-state index < -0.39 is 28.6 Å². The van der Waals surface area contributed by atoms with E-state index in [4.69, 9.17) is 16.3 Å². The summed E-state index contributed by atoms with van der Waals surface area (Å²) in [7, 11) is 0. The molecule has 1 aromatic heterocycles. The second kappa shape index (κ2) is 4.76. The Bertz CT molecular complexity index is 466. The molecular formula is C11H11ClF3NO2. The molecule has 0 aromatic carbocycles. The van der Waals surface area contributed by atoms with Gasteiger partial charge < -0.3 is 4.74 Å². The Morgan fingerprint density at radius 1 is 1.28 bits per heavy atom. The molecule has 0 saturated carbocycles. The molecule has 0 radical (unpaired) electrons. The average molecular weight is 282 g/mol. The monoisotopic (exact) mass is 281 g/mol. The molecule has 1 heterocycles. The minimum Gasteiger partial charge on any atom is -0.456 e. The number of aromatic nitrogens is 1. The van der Waals surface area contributed by atoms with E-state index in [1.165, 1.54) is 0 Å². The van der Waals surface area contributed by atoms with Gasteiger partial charge in [-0.15, -0.1) is 0 Å². The maximum atomic E-state index is 12.3. The lowest BCUT2D eigenvalue weighted by Crippen LogP contribution is -2.24. The normalized spacial score (nSPS) is 12.4. The first-order valence-corrected chi connectivity index (χ1v) is 5.35. The maximum absolute atomic E-state index is 12.3. The molecule has 1 rings (SSSR count). The number of esters is 1. The molecule has 0 atom stereocenters. The van der Waals surface area contributed by atoms with Crippen molar-refractivity contribution in [3.63, 3.8) is 0 Å². The standard InChI is InChI=1S/C11H11ClF3NO2/c1-10(2,3)18-9(17)6-4-5-7(11(13,14)15)16-8(6)12/h4-5H,1-3H3. The van der Waals surface area contributed by atoms with Crippen LogP contribution in [0.5, 0.6) is 0 Å². The van der Waals surface area contributed by atoms with E-state index in [1.54, 1.807) is 20.8 Å². The van der Waals surface area contributed by atoms with Gasteiger partial charge in [-0.25, -0.2) is 9.78 Å². The topological polar surface area (TPSA) is 39.2 Å². The van der Waals surface area contributed by atoms with E-state index in [0.29, 0.717) is 6.07 Å². The van der Waals surface area contributed by atoms with Gasteiger partial charge in [0.2, 0.25) is 0 Å². The molecule has 18 heavy (non-hydrogen) atoms. The van der Waals surface area contributed by atoms with E-state index in [1.807, 2.05) is 0 Å². The number of halogens is 4. The van der Waals surface area contributed by atoms with Crippen LogP contribution in [0.3, 0.4) is 0 Å². The summed E-state index contributed by atoms with van der Waals surface area (Å²) in [6.45, 7) is 4.91. The molecule has 3 nitrogen and oxygen atoms in total. The molecule has 0 N–H and O–H groups in total. The first-order valence-electron chi connectivity index (χ1n) is 4.98. The molecule has 0 aliphatic heterocycles. The first kappa shape index (κ1) is 14.8. The Morgan fingerprint density at radius 2 is 1.83 bits per heavy atom. The van der Waals surface area contributed by atoms with Crippen LogP contribution in [0.25, 0.3) is 0 Å². The second-order valence-corrected chi connectivity index (χ2v) is 4.89. The van der Waals surface area contributed by atoms with Crippen LogP contribution in [0.1, 0.15) is 36.8 Å². The Kier molecular flexibility index (Phi) is 3.90. The molecule has 100 valence electrons. The number of ether oxygens (including phenoxy) is 1. The van der Waals surface area contributed by atoms with Gasteiger partial charge in [-0.1, -0.05) is 11.6 Å². The lowest BCUT2D eigenvalue weighted by molar-refractivity contribution is -0.141. The van der Waals surface area contributed by atoms with Crippen molar-refractivity contribution >= 4 is 17.6 Å². The zero-order chi connectivity index (χ0) is 14.1. The van der Waals surface area contributed by atoms with Crippen LogP contribution in [0, 0.1) is 0 Å². The number of nitrogens with zero attached hydrogens (tertiary/aromatic N) is 1. The number of rotatable bonds is 1. The second-order valence-electron chi connectivity index (χ2n) is 4.53. The summed E-state index contributed by atoms with van der Waals surface area (Å²) in [5.74, 6) is -0.811. The van der Waals surface area contributed by atoms with Crippen molar-refractivity contribution in [3.8, 4) is 0 Å². The number of carbonyl (C=O) groups is 1. The molecular weight excluding hydrogens is 271 g/mol. The van der Waals surface area contributed by atoms with Gasteiger partial charge in [0.1, 0.15) is 16.4 Å². The molecule has 7 heteroatoms. The van der Waals surface area contributed by atoms with E-state index in [2.05, 4.69) is 4.98 Å². The summed E-state index contributed by atoms with van der Waals surface area (Å²) in [5, 5.41) is -0.529. The van der Waals surface area contributed by atoms with Crippen LogP contribution in [-0.4, -0.2) is 16.6 Å². The van der Waals surface area contributed by atoms with E-state index in [9.17, 15) is 18.0 Å². The van der Waals surface area contributed by atoms with Gasteiger partial charge in [0.25, 0.3) is 0 Å². The van der Waals surface area contributed by atoms with E-state index in [0.717, 1.165) is 6.07 Å². The van der Waals surface area contributed by atoms with Gasteiger partial charge in [0.15, 0.2) is 0 Å². The summed E-state index contributed by atoms with van der Waals surface area (Å²) in [6.07, 6.45) is -4.60. The summed E-state index contributed by atoms with van der Waals surface area (Å²) < 4.78 is 42.0. The Balaban J connectivity index is 3.03. The predicted octanol–water partition coefficient (Wildman–Crippen LogP) is 3.71. The van der Waals surface area contributed by atoms with Gasteiger partial charge in [-0.05, 0) is 32.9 Å². The molecule has 0 unspecified atom stereocenters. The Labute approximate surface area is 107 Å². The minimum absolute atomic E-state index is 0.195. The molecule has 0 aliphatic carbocycles. The lowest BCUT2D eigenvalue weighted by atomic mass is 10.2. The number of carbonyl (C=O) groups excluding carboxylic acids is 1. The van der Waals surface area contributed by atoms with Gasteiger partial charge in [0.05, 0.1) is 5.56 Å².